The predicted molar refractivity (Wildman–Crippen MR) is 72.6 cm³/mol. The Morgan fingerprint density at radius 2 is 2.44 bits per heavy atom. The molecule has 1 aromatic rings. The molecule has 2 heterocycles. The minimum atomic E-state index is 0.0606. The molecule has 2 rings (SSSR count). The van der Waals surface area contributed by atoms with E-state index in [0.29, 0.717) is 12.1 Å². The summed E-state index contributed by atoms with van der Waals surface area (Å²) in [4.78, 5) is 13.8. The van der Waals surface area contributed by atoms with E-state index in [9.17, 15) is 4.79 Å². The molecule has 100 valence electrons. The average molecular weight is 269 g/mol. The summed E-state index contributed by atoms with van der Waals surface area (Å²) >= 11 is 1.34. The smallest absolute Gasteiger partial charge is 0.164 e. The number of nitrogens with one attached hydrogen (secondary N) is 1. The van der Waals surface area contributed by atoms with Crippen LogP contribution in [0.5, 0.6) is 0 Å². The highest BCUT2D eigenvalue weighted by molar-refractivity contribution is 7.10. The zero-order valence-electron chi connectivity index (χ0n) is 11.0. The number of ether oxygens (including phenoxy) is 1. The maximum Gasteiger partial charge on any atom is 0.164 e. The Kier molecular flexibility index (Phi) is 4.31. The summed E-state index contributed by atoms with van der Waals surface area (Å²) in [6.07, 6.45) is 0.172. The SMILES string of the molecule is CC(=O)c1c(C)nsc1NCC1CN(C)CCO1. The normalized spacial score (nSPS) is 20.9. The van der Waals surface area contributed by atoms with E-state index >= 15 is 0 Å². The second-order valence-electron chi connectivity index (χ2n) is 4.66. The van der Waals surface area contributed by atoms with Gasteiger partial charge in [0.05, 0.1) is 24.0 Å². The lowest BCUT2D eigenvalue weighted by molar-refractivity contribution is -0.0117. The highest BCUT2D eigenvalue weighted by atomic mass is 32.1. The average Bonchev–Trinajstić information content (AvgIpc) is 2.68. The summed E-state index contributed by atoms with van der Waals surface area (Å²) in [7, 11) is 2.09. The van der Waals surface area contributed by atoms with Gasteiger partial charge in [-0.15, -0.1) is 0 Å². The number of morpholine rings is 1. The van der Waals surface area contributed by atoms with Crippen molar-refractivity contribution in [2.45, 2.75) is 20.0 Å². The fraction of sp³-hybridized carbons (Fsp3) is 0.667. The van der Waals surface area contributed by atoms with Gasteiger partial charge < -0.3 is 15.0 Å². The van der Waals surface area contributed by atoms with Crippen molar-refractivity contribution in [2.24, 2.45) is 0 Å². The van der Waals surface area contributed by atoms with Crippen LogP contribution in [0.1, 0.15) is 23.0 Å². The molecule has 0 amide bonds. The van der Waals surface area contributed by atoms with Crippen LogP contribution in [0.4, 0.5) is 5.00 Å². The van der Waals surface area contributed by atoms with Crippen LogP contribution in [0.3, 0.4) is 0 Å². The molecule has 6 heteroatoms. The number of aromatic nitrogens is 1. The first-order chi connectivity index (χ1) is 8.58. The van der Waals surface area contributed by atoms with Crippen LogP contribution < -0.4 is 5.32 Å². The Morgan fingerprint density at radius 1 is 1.67 bits per heavy atom. The van der Waals surface area contributed by atoms with E-state index < -0.39 is 0 Å². The zero-order valence-corrected chi connectivity index (χ0v) is 11.8. The maximum atomic E-state index is 11.5. The lowest BCUT2D eigenvalue weighted by atomic mass is 10.2. The Hall–Kier alpha value is -0.980. The fourth-order valence-electron chi connectivity index (χ4n) is 2.10. The molecule has 1 saturated heterocycles. The van der Waals surface area contributed by atoms with E-state index in [0.717, 1.165) is 30.4 Å². The number of rotatable bonds is 4. The molecule has 1 aromatic heterocycles. The van der Waals surface area contributed by atoms with E-state index in [4.69, 9.17) is 4.74 Å². The van der Waals surface area contributed by atoms with Crippen molar-refractivity contribution in [2.75, 3.05) is 38.6 Å². The van der Waals surface area contributed by atoms with Gasteiger partial charge in [-0.2, -0.15) is 4.37 Å². The quantitative estimate of drug-likeness (QED) is 0.837. The fourth-order valence-corrected chi connectivity index (χ4v) is 2.95. The molecule has 1 N–H and O–H groups in total. The topological polar surface area (TPSA) is 54.5 Å². The molecule has 0 bridgehead atoms. The van der Waals surface area contributed by atoms with Crippen molar-refractivity contribution >= 4 is 22.3 Å². The summed E-state index contributed by atoms with van der Waals surface area (Å²) in [5, 5.41) is 4.15. The van der Waals surface area contributed by atoms with Crippen LogP contribution in [0.25, 0.3) is 0 Å². The van der Waals surface area contributed by atoms with Crippen molar-refractivity contribution in [3.05, 3.63) is 11.3 Å². The molecule has 0 spiro atoms. The lowest BCUT2D eigenvalue weighted by Gasteiger charge is -2.30. The lowest BCUT2D eigenvalue weighted by Crippen LogP contribution is -2.43. The van der Waals surface area contributed by atoms with E-state index in [1.165, 1.54) is 11.5 Å². The molecule has 0 radical (unpaired) electrons. The Morgan fingerprint density at radius 3 is 3.11 bits per heavy atom. The number of likely N-dealkylation sites (N-methyl/N-ethyl adjacent to an activating group) is 1. The van der Waals surface area contributed by atoms with Gasteiger partial charge in [-0.1, -0.05) is 0 Å². The first-order valence-corrected chi connectivity index (χ1v) is 6.86. The van der Waals surface area contributed by atoms with Gasteiger partial charge in [-0.05, 0) is 32.4 Å². The summed E-state index contributed by atoms with van der Waals surface area (Å²) < 4.78 is 9.90. The van der Waals surface area contributed by atoms with Crippen molar-refractivity contribution < 1.29 is 9.53 Å². The van der Waals surface area contributed by atoms with Crippen LogP contribution >= 0.6 is 11.5 Å². The third-order valence-corrected chi connectivity index (χ3v) is 3.94. The zero-order chi connectivity index (χ0) is 13.1. The van der Waals surface area contributed by atoms with E-state index in [1.807, 2.05) is 6.92 Å². The van der Waals surface area contributed by atoms with E-state index in [2.05, 4.69) is 21.6 Å². The van der Waals surface area contributed by atoms with Gasteiger partial charge in [0.25, 0.3) is 0 Å². The van der Waals surface area contributed by atoms with Gasteiger partial charge in [0.15, 0.2) is 5.78 Å². The minimum absolute atomic E-state index is 0.0606. The van der Waals surface area contributed by atoms with Crippen LogP contribution in [0.2, 0.25) is 0 Å². The van der Waals surface area contributed by atoms with Crippen molar-refractivity contribution in [1.29, 1.82) is 0 Å². The monoisotopic (exact) mass is 269 g/mol. The highest BCUT2D eigenvalue weighted by Gasteiger charge is 2.19. The maximum absolute atomic E-state index is 11.5. The predicted octanol–water partition coefficient (Wildman–Crippen LogP) is 1.40. The summed E-state index contributed by atoms with van der Waals surface area (Å²) in [5.74, 6) is 0.0606. The number of ketones is 1. The number of carbonyl (C=O) groups excluding carboxylic acids is 1. The number of hydrogen-bond donors (Lipinski definition) is 1. The van der Waals surface area contributed by atoms with Crippen molar-refractivity contribution in [3.8, 4) is 0 Å². The molecule has 1 aliphatic rings. The van der Waals surface area contributed by atoms with Crippen LogP contribution in [-0.2, 0) is 4.74 Å². The first kappa shape index (κ1) is 13.5. The van der Waals surface area contributed by atoms with Crippen LogP contribution in [-0.4, -0.2) is 54.4 Å². The van der Waals surface area contributed by atoms with E-state index in [1.54, 1.807) is 6.92 Å². The van der Waals surface area contributed by atoms with Crippen molar-refractivity contribution in [1.82, 2.24) is 9.27 Å². The Balaban J connectivity index is 1.96. The number of aryl methyl sites for hydroxylation is 1. The summed E-state index contributed by atoms with van der Waals surface area (Å²) in [6, 6.07) is 0. The second kappa shape index (κ2) is 5.77. The third-order valence-electron chi connectivity index (χ3n) is 3.05. The molecule has 1 aliphatic heterocycles. The molecule has 1 atom stereocenters. The van der Waals surface area contributed by atoms with Gasteiger partial charge in [0.2, 0.25) is 0 Å². The van der Waals surface area contributed by atoms with Crippen LogP contribution in [0.15, 0.2) is 0 Å². The molecular weight excluding hydrogens is 250 g/mol. The molecule has 0 saturated carbocycles. The highest BCUT2D eigenvalue weighted by Crippen LogP contribution is 2.25. The van der Waals surface area contributed by atoms with Crippen LogP contribution in [0, 0.1) is 6.92 Å². The molecule has 1 unspecified atom stereocenters. The van der Waals surface area contributed by atoms with Crippen molar-refractivity contribution in [3.63, 3.8) is 0 Å². The first-order valence-electron chi connectivity index (χ1n) is 6.09. The van der Waals surface area contributed by atoms with E-state index in [-0.39, 0.29) is 11.9 Å². The van der Waals surface area contributed by atoms with Gasteiger partial charge in [-0.3, -0.25) is 4.79 Å². The largest absolute Gasteiger partial charge is 0.374 e. The van der Waals surface area contributed by atoms with Gasteiger partial charge in [0, 0.05) is 19.6 Å². The number of carbonyl (C=O) groups is 1. The molecule has 1 fully saturated rings. The molecule has 0 aromatic carbocycles. The number of anilines is 1. The second-order valence-corrected chi connectivity index (χ2v) is 5.44. The summed E-state index contributed by atoms with van der Waals surface area (Å²) in [5.41, 5.74) is 1.51. The van der Waals surface area contributed by atoms with Gasteiger partial charge >= 0.3 is 0 Å². The summed E-state index contributed by atoms with van der Waals surface area (Å²) in [6.45, 7) is 6.82. The molecule has 18 heavy (non-hydrogen) atoms. The molecule has 5 nitrogen and oxygen atoms in total. The third kappa shape index (κ3) is 3.07. The number of hydrogen-bond acceptors (Lipinski definition) is 6. The van der Waals surface area contributed by atoms with Gasteiger partial charge in [-0.25, -0.2) is 0 Å². The van der Waals surface area contributed by atoms with Gasteiger partial charge in [0.1, 0.15) is 5.00 Å². The number of nitrogens with zero attached hydrogens (tertiary/aromatic N) is 2. The molecule has 0 aliphatic carbocycles. The Bertz CT molecular complexity index is 433. The Labute approximate surface area is 111 Å². The minimum Gasteiger partial charge on any atom is -0.374 e. The molecular formula is C12H19N3O2S. The number of Topliss-reactive ketones (excluding diaryl/α,β-unsaturated/α-hetero) is 1. The standard InChI is InChI=1S/C12H19N3O2S/c1-8-11(9(2)16)12(18-14-8)13-6-10-7-15(3)4-5-17-10/h10,13H,4-7H2,1-3H3.